The summed E-state index contributed by atoms with van der Waals surface area (Å²) < 4.78 is 29.1. The van der Waals surface area contributed by atoms with Gasteiger partial charge in [-0.3, -0.25) is 0 Å². The smallest absolute Gasteiger partial charge is 0.191 e. The van der Waals surface area contributed by atoms with Crippen LogP contribution >= 0.6 is 0 Å². The average molecular weight is 1250 g/mol. The molecule has 0 bridgehead atoms. The maximum Gasteiger partial charge on any atom is 0.191 e. The van der Waals surface area contributed by atoms with Crippen LogP contribution < -0.4 is 0 Å². The fourth-order valence-electron chi connectivity index (χ4n) is 15.6. The second-order valence-corrected chi connectivity index (χ2v) is 27.3. The van der Waals surface area contributed by atoms with Gasteiger partial charge in [-0.25, -0.2) is 78.2 Å². The molecular formula is C66H120O21. The topological polar surface area (TPSA) is 205 Å². The summed E-state index contributed by atoms with van der Waals surface area (Å²) in [4.78, 5) is 96.6. The lowest BCUT2D eigenvalue weighted by Crippen LogP contribution is -2.68. The molecule has 2 aliphatic heterocycles. The fraction of sp³-hybridized carbons (Fsp3) is 0.970. The molecule has 21 nitrogen and oxygen atoms in total. The van der Waals surface area contributed by atoms with E-state index in [0.717, 1.165) is 64.2 Å². The molecule has 0 aromatic carbocycles. The lowest BCUT2D eigenvalue weighted by molar-refractivity contribution is -0.497. The van der Waals surface area contributed by atoms with E-state index < -0.39 is 72.4 Å². The number of fused-ring (bicyclic) bond motifs is 5. The van der Waals surface area contributed by atoms with Crippen LogP contribution in [-0.2, 0) is 97.1 Å². The van der Waals surface area contributed by atoms with Gasteiger partial charge in [0.1, 0.15) is 31.5 Å². The predicted octanol–water partition coefficient (Wildman–Crippen LogP) is 13.1. The monoisotopic (exact) mass is 1250 g/mol. The number of allylic oxidation sites excluding steroid dienone is 2. The normalized spacial score (nSPS) is 37.3. The van der Waals surface area contributed by atoms with Gasteiger partial charge in [-0.1, -0.05) is 102 Å². The maximum atomic E-state index is 12.5. The van der Waals surface area contributed by atoms with Crippen molar-refractivity contribution in [2.75, 3.05) is 66.1 Å². The summed E-state index contributed by atoms with van der Waals surface area (Å²) in [6, 6.07) is 0. The van der Waals surface area contributed by atoms with Crippen molar-refractivity contribution in [1.29, 1.82) is 0 Å². The van der Waals surface area contributed by atoms with Crippen molar-refractivity contribution >= 4 is 0 Å². The van der Waals surface area contributed by atoms with E-state index in [2.05, 4.69) is 68.4 Å². The zero-order valence-electron chi connectivity index (χ0n) is 56.5. The van der Waals surface area contributed by atoms with Crippen molar-refractivity contribution in [1.82, 2.24) is 0 Å². The molecule has 0 aromatic heterocycles. The number of hydrogen-bond acceptors (Lipinski definition) is 21. The van der Waals surface area contributed by atoms with Crippen molar-refractivity contribution < 1.29 is 102 Å². The summed E-state index contributed by atoms with van der Waals surface area (Å²) >= 11 is 0. The van der Waals surface area contributed by atoms with Gasteiger partial charge in [-0.15, -0.1) is 0 Å². The van der Waals surface area contributed by atoms with Crippen LogP contribution in [0.4, 0.5) is 0 Å². The van der Waals surface area contributed by atoms with Crippen molar-refractivity contribution in [2.45, 2.75) is 299 Å². The largest absolute Gasteiger partial charge is 0.390 e. The first kappa shape index (κ1) is 74.9. The van der Waals surface area contributed by atoms with E-state index >= 15 is 0 Å². The van der Waals surface area contributed by atoms with E-state index in [1.54, 1.807) is 0 Å². The summed E-state index contributed by atoms with van der Waals surface area (Å²) in [7, 11) is 0. The standard InChI is InChI=1S/C66H120O21/c1-17-34-68-76-43-48-54(83-71-37-20-4)56(85-73-39-22-6)58(81-61-59(87-75-41-24-8)57(86-74-40-23-7)55(84-72-38-21-5)49(79-61)44-77-69-35-18-2)60(78-48)80-52-29-31-63(13)50(62(52,11)12)28-33-64(14)51(63)42-47(82-70-36-19-3)53-46(27-32-65(53,64)15)66(16,67)30-25-26-45(9)10/h26,46-61,67H,17-25,27-44H2,1-16H3/t46?,47-,48+,49+,50?,51?,52?,53?,54+,55+,56-,57-,58+,59+,60-,61?,63+,64-,65-,66-/m0/s1. The predicted molar refractivity (Wildman–Crippen MR) is 322 cm³/mol. The lowest BCUT2D eigenvalue weighted by Gasteiger charge is -2.71. The quantitative estimate of drug-likeness (QED) is 0.0198. The summed E-state index contributed by atoms with van der Waals surface area (Å²) in [5.41, 5.74) is -0.304. The maximum absolute atomic E-state index is 12.5. The van der Waals surface area contributed by atoms with E-state index in [-0.39, 0.29) is 98.4 Å². The van der Waals surface area contributed by atoms with Crippen LogP contribution in [0.1, 0.15) is 220 Å². The van der Waals surface area contributed by atoms with E-state index in [1.807, 2.05) is 48.5 Å². The summed E-state index contributed by atoms with van der Waals surface area (Å²) in [6.45, 7) is 37.0. The first-order valence-corrected chi connectivity index (χ1v) is 34.0. The second kappa shape index (κ2) is 36.5. The Morgan fingerprint density at radius 3 is 1.41 bits per heavy atom. The number of rotatable bonds is 42. The third-order valence-corrected chi connectivity index (χ3v) is 20.1. The average Bonchev–Trinajstić information content (AvgIpc) is 1.71. The fourth-order valence-corrected chi connectivity index (χ4v) is 15.6. The van der Waals surface area contributed by atoms with Crippen molar-refractivity contribution in [3.63, 3.8) is 0 Å². The van der Waals surface area contributed by atoms with Crippen molar-refractivity contribution in [3.05, 3.63) is 11.6 Å². The number of hydrogen-bond donors (Lipinski definition) is 1. The zero-order valence-corrected chi connectivity index (χ0v) is 56.5. The van der Waals surface area contributed by atoms with Gasteiger partial charge in [0.25, 0.3) is 0 Å². The third kappa shape index (κ3) is 18.6. The first-order chi connectivity index (χ1) is 41.8. The molecule has 6 fully saturated rings. The summed E-state index contributed by atoms with van der Waals surface area (Å²) in [5.74, 6) is 0.691. The molecule has 6 unspecified atom stereocenters. The highest BCUT2D eigenvalue weighted by molar-refractivity contribution is 5.20. The highest BCUT2D eigenvalue weighted by Crippen LogP contribution is 2.76. The third-order valence-electron chi connectivity index (χ3n) is 20.1. The van der Waals surface area contributed by atoms with Crippen LogP contribution in [0.5, 0.6) is 0 Å². The van der Waals surface area contributed by atoms with Crippen LogP contribution in [0, 0.1) is 45.3 Å². The number of ether oxygens (including phenoxy) is 4. The van der Waals surface area contributed by atoms with E-state index in [0.29, 0.717) is 64.8 Å². The van der Waals surface area contributed by atoms with E-state index in [9.17, 15) is 5.11 Å². The summed E-state index contributed by atoms with van der Waals surface area (Å²) in [6.07, 6.45) is 4.18. The van der Waals surface area contributed by atoms with Crippen LogP contribution in [0.3, 0.4) is 0 Å². The molecule has 21 heteroatoms. The van der Waals surface area contributed by atoms with Gasteiger partial charge in [0, 0.05) is 0 Å². The molecule has 0 spiro atoms. The Morgan fingerprint density at radius 2 is 0.920 bits per heavy atom. The van der Waals surface area contributed by atoms with Gasteiger partial charge in [-0.05, 0) is 175 Å². The van der Waals surface area contributed by atoms with Crippen molar-refractivity contribution in [3.8, 4) is 0 Å². The van der Waals surface area contributed by atoms with Crippen LogP contribution in [0.25, 0.3) is 0 Å². The molecule has 0 aromatic rings. The van der Waals surface area contributed by atoms with E-state index in [1.165, 1.54) is 5.57 Å². The van der Waals surface area contributed by atoms with Crippen LogP contribution in [-0.4, -0.2) is 150 Å². The van der Waals surface area contributed by atoms with Gasteiger partial charge in [0.15, 0.2) is 43.1 Å². The molecule has 6 aliphatic rings. The first-order valence-electron chi connectivity index (χ1n) is 34.0. The molecule has 87 heavy (non-hydrogen) atoms. The van der Waals surface area contributed by atoms with E-state index in [4.69, 9.17) is 97.1 Å². The van der Waals surface area contributed by atoms with Gasteiger partial charge >= 0.3 is 0 Å². The van der Waals surface area contributed by atoms with Gasteiger partial charge in [-0.2, -0.15) is 0 Å². The Hall–Kier alpha value is -1.10. The highest BCUT2D eigenvalue weighted by Gasteiger charge is 2.72. The molecule has 20 atom stereocenters. The molecule has 4 aliphatic carbocycles. The SMILES string of the molecule is CCCOOC[C@H]1O[C@@H](OC2CC[C@]3(C)C(CC[C@@]4(C)C3C[C@H](OOCCC)C3C([C@@](C)(O)CCC=C(C)C)CC[C@@]34C)C2(C)C)[C@H](OC2O[C@H](COOCCC)[C@@H](OOCCC)[C@H](OOCCC)[C@H]2OOCCC)[C@@H](OOCCC)[C@@H]1OOCCC. The zero-order chi connectivity index (χ0) is 63.3. The van der Waals surface area contributed by atoms with Gasteiger partial charge in [0.05, 0.1) is 70.7 Å². The second-order valence-electron chi connectivity index (χ2n) is 27.3. The van der Waals surface area contributed by atoms with Crippen molar-refractivity contribution in [2.24, 2.45) is 45.3 Å². The lowest BCUT2D eigenvalue weighted by atomic mass is 9.35. The Bertz CT molecular complexity index is 1930. The molecule has 0 radical (unpaired) electrons. The molecule has 4 saturated carbocycles. The van der Waals surface area contributed by atoms with Gasteiger partial charge < -0.3 is 24.1 Å². The molecule has 6 rings (SSSR count). The van der Waals surface area contributed by atoms with Crippen LogP contribution in [0.2, 0.25) is 0 Å². The minimum absolute atomic E-state index is 0.0434. The molecule has 510 valence electrons. The highest BCUT2D eigenvalue weighted by atomic mass is 17.3. The Morgan fingerprint density at radius 1 is 0.483 bits per heavy atom. The molecule has 2 heterocycles. The Kier molecular flexibility index (Phi) is 31.5. The Balaban J connectivity index is 1.42. The molecule has 2 saturated heterocycles. The summed E-state index contributed by atoms with van der Waals surface area (Å²) in [5, 5.41) is 12.5. The minimum atomic E-state index is -1.35. The Labute approximate surface area is 522 Å². The number of aliphatic hydroxyl groups is 1. The van der Waals surface area contributed by atoms with Crippen LogP contribution in [0.15, 0.2) is 11.6 Å². The molecule has 0 amide bonds. The molecule has 1 N–H and O–H groups in total. The minimum Gasteiger partial charge on any atom is -0.390 e. The molecular weight excluding hydrogens is 1130 g/mol. The van der Waals surface area contributed by atoms with Gasteiger partial charge in [0.2, 0.25) is 0 Å².